The molecule has 126 valence electrons. The molecule has 0 aromatic carbocycles. The first-order valence-corrected chi connectivity index (χ1v) is 8.37. The third-order valence-electron chi connectivity index (χ3n) is 3.83. The van der Waals surface area contributed by atoms with E-state index in [2.05, 4.69) is 19.9 Å². The van der Waals surface area contributed by atoms with E-state index in [4.69, 9.17) is 23.2 Å². The molecule has 0 aliphatic carbocycles. The molecule has 1 aliphatic heterocycles. The van der Waals surface area contributed by atoms with Gasteiger partial charge in [0.15, 0.2) is 0 Å². The van der Waals surface area contributed by atoms with Gasteiger partial charge >= 0.3 is 0 Å². The number of hydrogen-bond acceptors (Lipinski definition) is 5. The summed E-state index contributed by atoms with van der Waals surface area (Å²) in [5, 5.41) is 0.432. The van der Waals surface area contributed by atoms with Gasteiger partial charge in [-0.15, -0.1) is 0 Å². The number of nitrogens with zero attached hydrogens (tertiary/aromatic N) is 5. The molecule has 0 bridgehead atoms. The van der Waals surface area contributed by atoms with Crippen LogP contribution in [0.2, 0.25) is 10.3 Å². The summed E-state index contributed by atoms with van der Waals surface area (Å²) < 4.78 is 0. The Kier molecular flexibility index (Phi) is 4.87. The van der Waals surface area contributed by atoms with Crippen molar-refractivity contribution in [1.82, 2.24) is 19.9 Å². The van der Waals surface area contributed by atoms with Gasteiger partial charge in [-0.05, 0) is 32.0 Å². The molecule has 24 heavy (non-hydrogen) atoms. The summed E-state index contributed by atoms with van der Waals surface area (Å²) >= 11 is 11.7. The van der Waals surface area contributed by atoms with E-state index >= 15 is 0 Å². The second kappa shape index (κ2) is 6.91. The van der Waals surface area contributed by atoms with Gasteiger partial charge in [-0.3, -0.25) is 4.79 Å². The highest BCUT2D eigenvalue weighted by atomic mass is 35.5. The maximum absolute atomic E-state index is 12.6. The van der Waals surface area contributed by atoms with Crippen LogP contribution in [-0.4, -0.2) is 51.9 Å². The Bertz CT molecular complexity index is 735. The molecule has 1 fully saturated rings. The summed E-state index contributed by atoms with van der Waals surface area (Å²) in [7, 11) is 0. The monoisotopic (exact) mass is 365 g/mol. The number of halogens is 2. The zero-order valence-corrected chi connectivity index (χ0v) is 15.0. The van der Waals surface area contributed by atoms with Gasteiger partial charge in [-0.2, -0.15) is 0 Å². The Hall–Kier alpha value is -1.92. The molecule has 0 unspecified atom stereocenters. The van der Waals surface area contributed by atoms with Gasteiger partial charge in [0.25, 0.3) is 5.91 Å². The highest BCUT2D eigenvalue weighted by Crippen LogP contribution is 2.18. The first kappa shape index (κ1) is 16.9. The van der Waals surface area contributed by atoms with Gasteiger partial charge in [0, 0.05) is 43.1 Å². The molecule has 0 spiro atoms. The zero-order valence-electron chi connectivity index (χ0n) is 13.5. The van der Waals surface area contributed by atoms with Crippen LogP contribution in [0.15, 0.2) is 18.2 Å². The van der Waals surface area contributed by atoms with Gasteiger partial charge in [0.05, 0.1) is 0 Å². The molecule has 0 radical (unpaired) electrons. The molecule has 1 saturated heterocycles. The van der Waals surface area contributed by atoms with Gasteiger partial charge in [-0.1, -0.05) is 23.2 Å². The van der Waals surface area contributed by atoms with E-state index in [1.165, 1.54) is 12.1 Å². The van der Waals surface area contributed by atoms with E-state index < -0.39 is 0 Å². The molecule has 0 N–H and O–H groups in total. The number of aryl methyl sites for hydroxylation is 2. The minimum atomic E-state index is -0.0952. The summed E-state index contributed by atoms with van der Waals surface area (Å²) in [6.45, 7) is 6.45. The number of hydrogen-bond donors (Lipinski definition) is 0. The normalized spacial score (nSPS) is 14.8. The van der Waals surface area contributed by atoms with Crippen LogP contribution in [0, 0.1) is 13.8 Å². The van der Waals surface area contributed by atoms with E-state index in [-0.39, 0.29) is 16.2 Å². The summed E-state index contributed by atoms with van der Waals surface area (Å²) in [5.41, 5.74) is 2.34. The minimum Gasteiger partial charge on any atom is -0.337 e. The Morgan fingerprint density at radius 2 is 1.46 bits per heavy atom. The van der Waals surface area contributed by atoms with Crippen LogP contribution in [0.3, 0.4) is 0 Å². The number of aromatic nitrogens is 3. The van der Waals surface area contributed by atoms with Crippen molar-refractivity contribution < 1.29 is 4.79 Å². The number of carbonyl (C=O) groups is 1. The van der Waals surface area contributed by atoms with Gasteiger partial charge in [0.1, 0.15) is 10.3 Å². The zero-order chi connectivity index (χ0) is 17.3. The summed E-state index contributed by atoms with van der Waals surface area (Å²) in [6.07, 6.45) is 0. The Morgan fingerprint density at radius 3 is 2.00 bits per heavy atom. The predicted octanol–water partition coefficient (Wildman–Crippen LogP) is 2.76. The van der Waals surface area contributed by atoms with Crippen LogP contribution < -0.4 is 4.90 Å². The second-order valence-electron chi connectivity index (χ2n) is 5.73. The third kappa shape index (κ3) is 3.76. The van der Waals surface area contributed by atoms with Crippen LogP contribution in [0.4, 0.5) is 5.95 Å². The average molecular weight is 366 g/mol. The number of pyridine rings is 1. The third-order valence-corrected chi connectivity index (χ3v) is 4.22. The Morgan fingerprint density at radius 1 is 0.917 bits per heavy atom. The van der Waals surface area contributed by atoms with Crippen LogP contribution >= 0.6 is 23.2 Å². The van der Waals surface area contributed by atoms with Crippen LogP contribution in [0.5, 0.6) is 0 Å². The molecule has 1 amide bonds. The lowest BCUT2D eigenvalue weighted by molar-refractivity contribution is 0.0746. The number of anilines is 1. The number of amides is 1. The quantitative estimate of drug-likeness (QED) is 0.765. The first-order valence-electron chi connectivity index (χ1n) is 7.62. The SMILES string of the molecule is Cc1cc(C)nc(N2CCN(C(=O)c3cc(Cl)nc(Cl)c3)CC2)n1. The number of rotatable bonds is 2. The van der Waals surface area contributed by atoms with Crippen molar-refractivity contribution in [2.24, 2.45) is 0 Å². The molecular weight excluding hydrogens is 349 g/mol. The number of carbonyl (C=O) groups excluding carboxylic acids is 1. The van der Waals surface area contributed by atoms with Crippen molar-refractivity contribution in [3.05, 3.63) is 45.5 Å². The predicted molar refractivity (Wildman–Crippen MR) is 93.9 cm³/mol. The molecule has 2 aromatic heterocycles. The molecule has 0 saturated carbocycles. The van der Waals surface area contributed by atoms with Crippen molar-refractivity contribution >= 4 is 35.1 Å². The minimum absolute atomic E-state index is 0.0952. The van der Waals surface area contributed by atoms with Crippen molar-refractivity contribution in [2.45, 2.75) is 13.8 Å². The largest absolute Gasteiger partial charge is 0.337 e. The van der Waals surface area contributed by atoms with E-state index in [1.807, 2.05) is 19.9 Å². The van der Waals surface area contributed by atoms with Gasteiger partial charge in [-0.25, -0.2) is 15.0 Å². The van der Waals surface area contributed by atoms with E-state index in [9.17, 15) is 4.79 Å². The maximum atomic E-state index is 12.6. The lowest BCUT2D eigenvalue weighted by atomic mass is 10.2. The lowest BCUT2D eigenvalue weighted by Gasteiger charge is -2.35. The fourth-order valence-electron chi connectivity index (χ4n) is 2.73. The summed E-state index contributed by atoms with van der Waals surface area (Å²) in [5.74, 6) is 0.622. The molecule has 3 rings (SSSR count). The lowest BCUT2D eigenvalue weighted by Crippen LogP contribution is -2.49. The molecule has 1 aliphatic rings. The van der Waals surface area contributed by atoms with Crippen molar-refractivity contribution in [1.29, 1.82) is 0 Å². The van der Waals surface area contributed by atoms with Crippen molar-refractivity contribution in [3.63, 3.8) is 0 Å². The molecule has 8 heteroatoms. The average Bonchev–Trinajstić information content (AvgIpc) is 2.52. The highest BCUT2D eigenvalue weighted by molar-refractivity contribution is 6.33. The fraction of sp³-hybridized carbons (Fsp3) is 0.375. The van der Waals surface area contributed by atoms with Crippen LogP contribution in [-0.2, 0) is 0 Å². The maximum Gasteiger partial charge on any atom is 0.254 e. The Balaban J connectivity index is 1.69. The standard InChI is InChI=1S/C16H17Cl2N5O/c1-10-7-11(2)20-16(19-10)23-5-3-22(4-6-23)15(24)12-8-13(17)21-14(18)9-12/h7-9H,3-6H2,1-2H3. The summed E-state index contributed by atoms with van der Waals surface area (Å²) in [6, 6.07) is 5.02. The molecule has 6 nitrogen and oxygen atoms in total. The van der Waals surface area contributed by atoms with E-state index in [0.717, 1.165) is 17.3 Å². The summed E-state index contributed by atoms with van der Waals surface area (Å²) in [4.78, 5) is 29.3. The highest BCUT2D eigenvalue weighted by Gasteiger charge is 2.24. The topological polar surface area (TPSA) is 62.2 Å². The molecule has 2 aromatic rings. The van der Waals surface area contributed by atoms with Gasteiger partial charge in [0.2, 0.25) is 5.95 Å². The smallest absolute Gasteiger partial charge is 0.254 e. The second-order valence-corrected chi connectivity index (χ2v) is 6.51. The van der Waals surface area contributed by atoms with Crippen molar-refractivity contribution in [3.8, 4) is 0 Å². The van der Waals surface area contributed by atoms with E-state index in [1.54, 1.807) is 4.90 Å². The molecule has 3 heterocycles. The fourth-order valence-corrected chi connectivity index (χ4v) is 3.19. The van der Waals surface area contributed by atoms with Crippen molar-refractivity contribution in [2.75, 3.05) is 31.1 Å². The molecular formula is C16H17Cl2N5O. The number of piperazine rings is 1. The molecule has 0 atom stereocenters. The Labute approximate surface area is 150 Å². The van der Waals surface area contributed by atoms with Gasteiger partial charge < -0.3 is 9.80 Å². The van der Waals surface area contributed by atoms with E-state index in [0.29, 0.717) is 31.7 Å². The van der Waals surface area contributed by atoms with Crippen LogP contribution in [0.25, 0.3) is 0 Å². The van der Waals surface area contributed by atoms with Crippen LogP contribution in [0.1, 0.15) is 21.7 Å². The first-order chi connectivity index (χ1) is 11.4.